The van der Waals surface area contributed by atoms with Crippen LogP contribution < -0.4 is 10.5 Å². The molecule has 0 aliphatic heterocycles. The lowest BCUT2D eigenvalue weighted by Crippen LogP contribution is -2.01. The van der Waals surface area contributed by atoms with Crippen LogP contribution in [0, 0.1) is 10.1 Å². The highest BCUT2D eigenvalue weighted by Crippen LogP contribution is 2.24. The molecule has 0 aliphatic carbocycles. The molecule has 5 heteroatoms. The van der Waals surface area contributed by atoms with Crippen molar-refractivity contribution >= 4 is 11.4 Å². The summed E-state index contributed by atoms with van der Waals surface area (Å²) in [5.74, 6) is 0.800. The SMILES string of the molecule is CCc1ccccc1OCc1ccc(N)c([N+](=O)[O-])c1. The van der Waals surface area contributed by atoms with Crippen LogP contribution in [0.2, 0.25) is 0 Å². The molecule has 0 unspecified atom stereocenters. The minimum Gasteiger partial charge on any atom is -0.489 e. The van der Waals surface area contributed by atoms with Crippen molar-refractivity contribution in [1.82, 2.24) is 0 Å². The van der Waals surface area contributed by atoms with Crippen LogP contribution in [0.15, 0.2) is 42.5 Å². The van der Waals surface area contributed by atoms with E-state index in [1.54, 1.807) is 6.07 Å². The maximum Gasteiger partial charge on any atom is 0.292 e. The summed E-state index contributed by atoms with van der Waals surface area (Å²) in [6, 6.07) is 12.5. The molecule has 5 nitrogen and oxygen atoms in total. The first-order valence-corrected chi connectivity index (χ1v) is 6.35. The number of nitrogens with zero attached hydrogens (tertiary/aromatic N) is 1. The molecule has 20 heavy (non-hydrogen) atoms. The Labute approximate surface area is 117 Å². The number of para-hydroxylation sites is 1. The number of nitrogen functional groups attached to an aromatic ring is 1. The largest absolute Gasteiger partial charge is 0.489 e. The van der Waals surface area contributed by atoms with Gasteiger partial charge in [0.2, 0.25) is 0 Å². The van der Waals surface area contributed by atoms with Crippen LogP contribution in [0.3, 0.4) is 0 Å². The summed E-state index contributed by atoms with van der Waals surface area (Å²) in [5, 5.41) is 10.8. The average molecular weight is 272 g/mol. The molecule has 2 aromatic carbocycles. The molecular formula is C15H16N2O3. The van der Waals surface area contributed by atoms with E-state index >= 15 is 0 Å². The van der Waals surface area contributed by atoms with Crippen LogP contribution in [-0.2, 0) is 13.0 Å². The van der Waals surface area contributed by atoms with Gasteiger partial charge in [-0.3, -0.25) is 10.1 Å². The molecule has 0 spiro atoms. The van der Waals surface area contributed by atoms with Crippen molar-refractivity contribution in [3.8, 4) is 5.75 Å². The number of nitrogens with two attached hydrogens (primary N) is 1. The molecule has 2 N–H and O–H groups in total. The van der Waals surface area contributed by atoms with Gasteiger partial charge in [-0.05, 0) is 29.7 Å². The zero-order valence-electron chi connectivity index (χ0n) is 11.2. The lowest BCUT2D eigenvalue weighted by molar-refractivity contribution is -0.384. The van der Waals surface area contributed by atoms with Crippen molar-refractivity contribution < 1.29 is 9.66 Å². The van der Waals surface area contributed by atoms with Crippen LogP contribution in [0.4, 0.5) is 11.4 Å². The molecule has 0 radical (unpaired) electrons. The van der Waals surface area contributed by atoms with E-state index in [9.17, 15) is 10.1 Å². The number of nitro benzene ring substituents is 1. The van der Waals surface area contributed by atoms with E-state index in [-0.39, 0.29) is 18.0 Å². The summed E-state index contributed by atoms with van der Waals surface area (Å²) in [7, 11) is 0. The lowest BCUT2D eigenvalue weighted by atomic mass is 10.1. The Kier molecular flexibility index (Phi) is 4.20. The summed E-state index contributed by atoms with van der Waals surface area (Å²) in [5.41, 5.74) is 7.46. The Morgan fingerprint density at radius 1 is 1.25 bits per heavy atom. The van der Waals surface area contributed by atoms with Crippen LogP contribution >= 0.6 is 0 Å². The van der Waals surface area contributed by atoms with Gasteiger partial charge in [0.15, 0.2) is 0 Å². The first-order valence-electron chi connectivity index (χ1n) is 6.35. The van der Waals surface area contributed by atoms with Crippen molar-refractivity contribution in [1.29, 1.82) is 0 Å². The predicted molar refractivity (Wildman–Crippen MR) is 77.7 cm³/mol. The number of rotatable bonds is 5. The Morgan fingerprint density at radius 2 is 2.00 bits per heavy atom. The quantitative estimate of drug-likeness (QED) is 0.514. The van der Waals surface area contributed by atoms with Crippen molar-refractivity contribution in [2.75, 3.05) is 5.73 Å². The van der Waals surface area contributed by atoms with Gasteiger partial charge >= 0.3 is 0 Å². The highest BCUT2D eigenvalue weighted by atomic mass is 16.6. The van der Waals surface area contributed by atoms with Gasteiger partial charge in [-0.1, -0.05) is 31.2 Å². The summed E-state index contributed by atoms with van der Waals surface area (Å²) >= 11 is 0. The second-order valence-electron chi connectivity index (χ2n) is 4.40. The number of hydrogen-bond donors (Lipinski definition) is 1. The molecule has 104 valence electrons. The van der Waals surface area contributed by atoms with Gasteiger partial charge in [-0.25, -0.2) is 0 Å². The van der Waals surface area contributed by atoms with Gasteiger partial charge in [0.1, 0.15) is 18.0 Å². The summed E-state index contributed by atoms with van der Waals surface area (Å²) in [6.45, 7) is 2.33. The zero-order valence-corrected chi connectivity index (χ0v) is 11.2. The number of nitro groups is 1. The zero-order chi connectivity index (χ0) is 14.5. The Hall–Kier alpha value is -2.56. The third-order valence-electron chi connectivity index (χ3n) is 3.04. The maximum atomic E-state index is 10.8. The molecule has 0 saturated carbocycles. The van der Waals surface area contributed by atoms with Gasteiger partial charge in [0, 0.05) is 6.07 Å². The summed E-state index contributed by atoms with van der Waals surface area (Å²) in [4.78, 5) is 10.3. The van der Waals surface area contributed by atoms with Crippen LogP contribution in [0.5, 0.6) is 5.75 Å². The fourth-order valence-corrected chi connectivity index (χ4v) is 1.93. The molecule has 0 amide bonds. The Morgan fingerprint density at radius 3 is 2.70 bits per heavy atom. The second-order valence-corrected chi connectivity index (χ2v) is 4.40. The smallest absolute Gasteiger partial charge is 0.292 e. The highest BCUT2D eigenvalue weighted by molar-refractivity contribution is 5.59. The van der Waals surface area contributed by atoms with E-state index in [0.29, 0.717) is 0 Å². The lowest BCUT2D eigenvalue weighted by Gasteiger charge is -2.10. The number of anilines is 1. The van der Waals surface area contributed by atoms with Gasteiger partial charge in [-0.2, -0.15) is 0 Å². The normalized spacial score (nSPS) is 10.2. The Bertz CT molecular complexity index is 626. The van der Waals surface area contributed by atoms with E-state index in [1.165, 1.54) is 12.1 Å². The van der Waals surface area contributed by atoms with Crippen LogP contribution in [0.25, 0.3) is 0 Å². The third-order valence-corrected chi connectivity index (χ3v) is 3.04. The standard InChI is InChI=1S/C15H16N2O3/c1-2-12-5-3-4-6-15(12)20-10-11-7-8-13(16)14(9-11)17(18)19/h3-9H,2,10,16H2,1H3. The van der Waals surface area contributed by atoms with Gasteiger partial charge < -0.3 is 10.5 Å². The third kappa shape index (κ3) is 3.06. The number of benzene rings is 2. The molecule has 0 aliphatic rings. The van der Waals surface area contributed by atoms with Gasteiger partial charge in [0.25, 0.3) is 5.69 Å². The van der Waals surface area contributed by atoms with Crippen LogP contribution in [0.1, 0.15) is 18.1 Å². The monoisotopic (exact) mass is 272 g/mol. The van der Waals surface area contributed by atoms with E-state index in [1.807, 2.05) is 24.3 Å². The average Bonchev–Trinajstić information content (AvgIpc) is 2.46. The van der Waals surface area contributed by atoms with E-state index < -0.39 is 4.92 Å². The fourth-order valence-electron chi connectivity index (χ4n) is 1.93. The molecule has 0 bridgehead atoms. The minimum atomic E-state index is -0.487. The summed E-state index contributed by atoms with van der Waals surface area (Å²) in [6.07, 6.45) is 0.873. The van der Waals surface area contributed by atoms with E-state index in [2.05, 4.69) is 6.92 Å². The van der Waals surface area contributed by atoms with Gasteiger partial charge in [0.05, 0.1) is 4.92 Å². The molecular weight excluding hydrogens is 256 g/mol. The second kappa shape index (κ2) is 6.06. The molecule has 0 heterocycles. The molecule has 0 saturated heterocycles. The predicted octanol–water partition coefficient (Wildman–Crippen LogP) is 3.32. The molecule has 2 aromatic rings. The van der Waals surface area contributed by atoms with Crippen LogP contribution in [-0.4, -0.2) is 4.92 Å². The number of hydrogen-bond acceptors (Lipinski definition) is 4. The maximum absolute atomic E-state index is 10.8. The number of ether oxygens (including phenoxy) is 1. The fraction of sp³-hybridized carbons (Fsp3) is 0.200. The first kappa shape index (κ1) is 13.9. The Balaban J connectivity index is 2.15. The first-order chi connectivity index (χ1) is 9.61. The topological polar surface area (TPSA) is 78.4 Å². The molecule has 0 aromatic heterocycles. The van der Waals surface area contributed by atoms with Gasteiger partial charge in [-0.15, -0.1) is 0 Å². The van der Waals surface area contributed by atoms with Crippen molar-refractivity contribution in [2.45, 2.75) is 20.0 Å². The molecule has 0 atom stereocenters. The van der Waals surface area contributed by atoms with E-state index in [4.69, 9.17) is 10.5 Å². The number of aryl methyl sites for hydroxylation is 1. The van der Waals surface area contributed by atoms with Crippen molar-refractivity contribution in [3.05, 3.63) is 63.7 Å². The van der Waals surface area contributed by atoms with Crippen molar-refractivity contribution in [2.24, 2.45) is 0 Å². The molecule has 0 fully saturated rings. The highest BCUT2D eigenvalue weighted by Gasteiger charge is 2.12. The van der Waals surface area contributed by atoms with E-state index in [0.717, 1.165) is 23.3 Å². The molecule has 2 rings (SSSR count). The minimum absolute atomic E-state index is 0.0881. The van der Waals surface area contributed by atoms with Crippen molar-refractivity contribution in [3.63, 3.8) is 0 Å². The summed E-state index contributed by atoms with van der Waals surface area (Å²) < 4.78 is 5.73.